The van der Waals surface area contributed by atoms with Gasteiger partial charge in [0.1, 0.15) is 5.60 Å². The molecule has 1 spiro atoms. The number of nitrogens with zero attached hydrogens (tertiary/aromatic N) is 1. The number of fused-ring (bicyclic) bond motifs is 1. The molecular weight excluding hydrogens is 328 g/mol. The van der Waals surface area contributed by atoms with E-state index in [1.54, 1.807) is 0 Å². The third-order valence-electron chi connectivity index (χ3n) is 5.93. The molecule has 3 aliphatic rings. The summed E-state index contributed by atoms with van der Waals surface area (Å²) in [7, 11) is 0. The predicted molar refractivity (Wildman–Crippen MR) is 98.1 cm³/mol. The normalized spacial score (nSPS) is 34.4. The summed E-state index contributed by atoms with van der Waals surface area (Å²) >= 11 is 0. The van der Waals surface area contributed by atoms with E-state index in [0.29, 0.717) is 19.6 Å². The zero-order valence-electron chi connectivity index (χ0n) is 15.4. The minimum atomic E-state index is -0.685. The minimum Gasteiger partial charge on any atom is -0.357 e. The van der Waals surface area contributed by atoms with Crippen LogP contribution < -0.4 is 5.32 Å². The molecule has 0 saturated carbocycles. The van der Waals surface area contributed by atoms with Gasteiger partial charge in [0, 0.05) is 13.1 Å². The van der Waals surface area contributed by atoms with Crippen LogP contribution in [0.25, 0.3) is 0 Å². The van der Waals surface area contributed by atoms with Crippen molar-refractivity contribution in [2.75, 3.05) is 13.1 Å². The lowest BCUT2D eigenvalue weighted by Gasteiger charge is -2.29. The number of hydrogen-bond donors (Lipinski definition) is 1. The third-order valence-corrected chi connectivity index (χ3v) is 5.93. The Balaban J connectivity index is 1.56. The lowest BCUT2D eigenvalue weighted by atomic mass is 9.72. The highest BCUT2D eigenvalue weighted by molar-refractivity contribution is 5.93. The topological polar surface area (TPSA) is 58.6 Å². The standard InChI is InChI=1S/C21H26N2O3/c1-3-4-12-22-18(24)16-17-19(25)23(13-15-8-6-5-7-9-15)14-21(17)11-10-20(16,2)26-21/h5-11,16-17H,3-4,12-14H2,1-2H3,(H,22,24)/t16?,17-,20-,21?/m1/s1. The van der Waals surface area contributed by atoms with Gasteiger partial charge in [-0.2, -0.15) is 0 Å². The van der Waals surface area contributed by atoms with Crippen LogP contribution in [-0.2, 0) is 20.9 Å². The van der Waals surface area contributed by atoms with Crippen LogP contribution in [0.2, 0.25) is 0 Å². The molecule has 0 aliphatic carbocycles. The van der Waals surface area contributed by atoms with Crippen molar-refractivity contribution >= 4 is 11.8 Å². The monoisotopic (exact) mass is 354 g/mol. The molecule has 5 heteroatoms. The van der Waals surface area contributed by atoms with Gasteiger partial charge in [0.2, 0.25) is 11.8 Å². The van der Waals surface area contributed by atoms with Crippen molar-refractivity contribution in [2.45, 2.75) is 44.4 Å². The van der Waals surface area contributed by atoms with Gasteiger partial charge in [0.05, 0.1) is 24.0 Å². The Morgan fingerprint density at radius 3 is 2.81 bits per heavy atom. The van der Waals surface area contributed by atoms with Gasteiger partial charge in [0.25, 0.3) is 0 Å². The number of amides is 2. The summed E-state index contributed by atoms with van der Waals surface area (Å²) in [5.41, 5.74) is -0.256. The van der Waals surface area contributed by atoms with Crippen molar-refractivity contribution in [3.05, 3.63) is 48.0 Å². The van der Waals surface area contributed by atoms with Crippen molar-refractivity contribution in [1.29, 1.82) is 0 Å². The lowest BCUT2D eigenvalue weighted by molar-refractivity contribution is -0.139. The van der Waals surface area contributed by atoms with Crippen LogP contribution in [0, 0.1) is 11.8 Å². The number of carbonyl (C=O) groups excluding carboxylic acids is 2. The van der Waals surface area contributed by atoms with Crippen LogP contribution in [0.3, 0.4) is 0 Å². The van der Waals surface area contributed by atoms with E-state index in [2.05, 4.69) is 12.2 Å². The van der Waals surface area contributed by atoms with E-state index in [9.17, 15) is 9.59 Å². The Labute approximate surface area is 154 Å². The zero-order valence-corrected chi connectivity index (χ0v) is 15.4. The zero-order chi connectivity index (χ0) is 18.4. The van der Waals surface area contributed by atoms with Crippen molar-refractivity contribution in [1.82, 2.24) is 10.2 Å². The van der Waals surface area contributed by atoms with E-state index >= 15 is 0 Å². The van der Waals surface area contributed by atoms with E-state index in [0.717, 1.165) is 18.4 Å². The van der Waals surface area contributed by atoms with Crippen LogP contribution in [-0.4, -0.2) is 41.0 Å². The smallest absolute Gasteiger partial charge is 0.230 e. The van der Waals surface area contributed by atoms with Crippen molar-refractivity contribution < 1.29 is 14.3 Å². The fourth-order valence-corrected chi connectivity index (χ4v) is 4.69. The molecule has 1 N–H and O–H groups in total. The van der Waals surface area contributed by atoms with Gasteiger partial charge in [-0.3, -0.25) is 9.59 Å². The summed E-state index contributed by atoms with van der Waals surface area (Å²) in [5.74, 6) is -0.926. The maximum Gasteiger partial charge on any atom is 0.230 e. The molecule has 2 amide bonds. The first-order valence-corrected chi connectivity index (χ1v) is 9.50. The average molecular weight is 354 g/mol. The van der Waals surface area contributed by atoms with E-state index in [4.69, 9.17) is 4.74 Å². The molecule has 138 valence electrons. The molecular formula is C21H26N2O3. The molecule has 26 heavy (non-hydrogen) atoms. The van der Waals surface area contributed by atoms with E-state index in [1.807, 2.05) is 54.3 Å². The maximum absolute atomic E-state index is 13.2. The molecule has 0 radical (unpaired) electrons. The van der Waals surface area contributed by atoms with Gasteiger partial charge in [-0.25, -0.2) is 0 Å². The quantitative estimate of drug-likeness (QED) is 0.630. The summed E-state index contributed by atoms with van der Waals surface area (Å²) in [6.45, 7) is 5.72. The molecule has 2 unspecified atom stereocenters. The molecule has 0 aromatic heterocycles. The molecule has 4 atom stereocenters. The van der Waals surface area contributed by atoms with Gasteiger partial charge >= 0.3 is 0 Å². The second kappa shape index (κ2) is 6.23. The number of nitrogens with one attached hydrogen (secondary N) is 1. The van der Waals surface area contributed by atoms with Crippen molar-refractivity contribution in [2.24, 2.45) is 11.8 Å². The van der Waals surface area contributed by atoms with E-state index in [1.165, 1.54) is 0 Å². The molecule has 2 saturated heterocycles. The number of hydrogen-bond acceptors (Lipinski definition) is 3. The summed E-state index contributed by atoms with van der Waals surface area (Å²) in [5, 5.41) is 3.01. The Morgan fingerprint density at radius 1 is 1.31 bits per heavy atom. The Kier molecular flexibility index (Phi) is 4.14. The fourth-order valence-electron chi connectivity index (χ4n) is 4.69. The first-order valence-electron chi connectivity index (χ1n) is 9.50. The Morgan fingerprint density at radius 2 is 2.08 bits per heavy atom. The molecule has 5 nitrogen and oxygen atoms in total. The van der Waals surface area contributed by atoms with Gasteiger partial charge in [0.15, 0.2) is 0 Å². The van der Waals surface area contributed by atoms with Crippen molar-refractivity contribution in [3.63, 3.8) is 0 Å². The molecule has 4 rings (SSSR count). The largest absolute Gasteiger partial charge is 0.357 e. The minimum absolute atomic E-state index is 0.0255. The second-order valence-electron chi connectivity index (χ2n) is 7.85. The van der Waals surface area contributed by atoms with Crippen LogP contribution in [0.15, 0.2) is 42.5 Å². The highest BCUT2D eigenvalue weighted by Crippen LogP contribution is 2.57. The average Bonchev–Trinajstić information content (AvgIpc) is 3.18. The van der Waals surface area contributed by atoms with Gasteiger partial charge < -0.3 is 15.0 Å². The molecule has 3 aliphatic heterocycles. The number of benzene rings is 1. The molecule has 1 aromatic rings. The first kappa shape index (κ1) is 17.3. The SMILES string of the molecule is CCCCNC(=O)C1[C@@H]2C(=O)N(Cc3ccccc3)CC23C=C[C@@]1(C)O3. The van der Waals surface area contributed by atoms with Crippen LogP contribution >= 0.6 is 0 Å². The number of likely N-dealkylation sites (tertiary alicyclic amines) is 1. The molecule has 2 fully saturated rings. The molecule has 2 bridgehead atoms. The Bertz CT molecular complexity index is 747. The highest BCUT2D eigenvalue weighted by Gasteiger charge is 2.70. The number of unbranched alkanes of at least 4 members (excludes halogenated alkanes) is 1. The second-order valence-corrected chi connectivity index (χ2v) is 7.85. The summed E-state index contributed by atoms with van der Waals surface area (Å²) < 4.78 is 6.32. The van der Waals surface area contributed by atoms with Crippen LogP contribution in [0.1, 0.15) is 32.3 Å². The van der Waals surface area contributed by atoms with Gasteiger partial charge in [-0.05, 0) is 18.9 Å². The predicted octanol–water partition coefficient (Wildman–Crippen LogP) is 2.27. The summed E-state index contributed by atoms with van der Waals surface area (Å²) in [4.78, 5) is 27.9. The number of carbonyl (C=O) groups is 2. The van der Waals surface area contributed by atoms with Crippen LogP contribution in [0.5, 0.6) is 0 Å². The van der Waals surface area contributed by atoms with E-state index < -0.39 is 23.0 Å². The van der Waals surface area contributed by atoms with Gasteiger partial charge in [-0.1, -0.05) is 55.8 Å². The van der Waals surface area contributed by atoms with E-state index in [-0.39, 0.29) is 11.8 Å². The third kappa shape index (κ3) is 2.57. The molecule has 3 heterocycles. The molecule has 1 aromatic carbocycles. The van der Waals surface area contributed by atoms with Crippen LogP contribution in [0.4, 0.5) is 0 Å². The number of ether oxygens (including phenoxy) is 1. The van der Waals surface area contributed by atoms with Crippen molar-refractivity contribution in [3.8, 4) is 0 Å². The maximum atomic E-state index is 13.2. The highest BCUT2D eigenvalue weighted by atomic mass is 16.5. The fraction of sp³-hybridized carbons (Fsp3) is 0.524. The first-order chi connectivity index (χ1) is 12.5. The lowest BCUT2D eigenvalue weighted by Crippen LogP contribution is -2.48. The summed E-state index contributed by atoms with van der Waals surface area (Å²) in [6, 6.07) is 9.95. The number of rotatable bonds is 6. The van der Waals surface area contributed by atoms with Gasteiger partial charge in [-0.15, -0.1) is 0 Å². The summed E-state index contributed by atoms with van der Waals surface area (Å²) in [6.07, 6.45) is 5.95. The Hall–Kier alpha value is -2.14.